The topological polar surface area (TPSA) is 17.1 Å². The van der Waals surface area contributed by atoms with Gasteiger partial charge in [0.25, 0.3) is 0 Å². The number of Topliss-reactive ketones (excluding diaryl/α,β-unsaturated/α-hetero) is 1. The highest BCUT2D eigenvalue weighted by Gasteiger charge is 2.32. The highest BCUT2D eigenvalue weighted by molar-refractivity contribution is 5.83. The maximum atomic E-state index is 12.1. The largest absolute Gasteiger partial charge is 0.299 e. The highest BCUT2D eigenvalue weighted by Crippen LogP contribution is 2.37. The quantitative estimate of drug-likeness (QED) is 0.646. The molecule has 0 bridgehead atoms. The van der Waals surface area contributed by atoms with Crippen LogP contribution in [0.2, 0.25) is 0 Å². The summed E-state index contributed by atoms with van der Waals surface area (Å²) in [6.07, 6.45) is 6.26. The molecule has 0 saturated heterocycles. The standard InChI is InChI=1S/C14H26O/c1-10(2)8-9-13(12-6-5-7-12)14(15)11(3)4/h10-13H,5-9H2,1-4H3/t13-/m0/s1. The lowest BCUT2D eigenvalue weighted by molar-refractivity contribution is -0.129. The zero-order chi connectivity index (χ0) is 11.4. The molecular weight excluding hydrogens is 184 g/mol. The van der Waals surface area contributed by atoms with Gasteiger partial charge in [-0.15, -0.1) is 0 Å². The van der Waals surface area contributed by atoms with Crippen LogP contribution in [0.15, 0.2) is 0 Å². The summed E-state index contributed by atoms with van der Waals surface area (Å²) >= 11 is 0. The summed E-state index contributed by atoms with van der Waals surface area (Å²) in [4.78, 5) is 12.1. The van der Waals surface area contributed by atoms with E-state index in [1.807, 2.05) is 13.8 Å². The molecule has 1 fully saturated rings. The Morgan fingerprint density at radius 1 is 1.13 bits per heavy atom. The molecule has 0 aromatic heterocycles. The molecule has 0 aromatic rings. The predicted octanol–water partition coefficient (Wildman–Crippen LogP) is 4.06. The van der Waals surface area contributed by atoms with Gasteiger partial charge in [0.2, 0.25) is 0 Å². The first kappa shape index (κ1) is 12.7. The van der Waals surface area contributed by atoms with Crippen molar-refractivity contribution in [1.82, 2.24) is 0 Å². The second kappa shape index (κ2) is 5.67. The predicted molar refractivity (Wildman–Crippen MR) is 64.7 cm³/mol. The van der Waals surface area contributed by atoms with Gasteiger partial charge in [-0.05, 0) is 31.1 Å². The Bertz CT molecular complexity index is 201. The Hall–Kier alpha value is -0.330. The fourth-order valence-electron chi connectivity index (χ4n) is 2.39. The van der Waals surface area contributed by atoms with Crippen molar-refractivity contribution in [2.45, 2.75) is 59.8 Å². The number of ketones is 1. The minimum absolute atomic E-state index is 0.225. The van der Waals surface area contributed by atoms with E-state index in [0.717, 1.165) is 18.3 Å². The van der Waals surface area contributed by atoms with Gasteiger partial charge in [-0.25, -0.2) is 0 Å². The van der Waals surface area contributed by atoms with Gasteiger partial charge in [0.15, 0.2) is 0 Å². The van der Waals surface area contributed by atoms with Crippen molar-refractivity contribution in [2.24, 2.45) is 23.7 Å². The van der Waals surface area contributed by atoms with Crippen LogP contribution in [-0.4, -0.2) is 5.78 Å². The number of carbonyl (C=O) groups excluding carboxylic acids is 1. The van der Waals surface area contributed by atoms with Gasteiger partial charge >= 0.3 is 0 Å². The van der Waals surface area contributed by atoms with E-state index in [9.17, 15) is 4.79 Å². The molecule has 1 heteroatoms. The van der Waals surface area contributed by atoms with Gasteiger partial charge in [-0.1, -0.05) is 40.5 Å². The van der Waals surface area contributed by atoms with Crippen molar-refractivity contribution in [2.75, 3.05) is 0 Å². The van der Waals surface area contributed by atoms with Crippen molar-refractivity contribution < 1.29 is 4.79 Å². The Balaban J connectivity index is 2.48. The molecule has 0 aliphatic heterocycles. The molecule has 0 unspecified atom stereocenters. The number of hydrogen-bond donors (Lipinski definition) is 0. The molecule has 0 spiro atoms. The molecule has 15 heavy (non-hydrogen) atoms. The zero-order valence-corrected chi connectivity index (χ0v) is 10.8. The first-order valence-electron chi connectivity index (χ1n) is 6.56. The van der Waals surface area contributed by atoms with Crippen LogP contribution in [-0.2, 0) is 4.79 Å². The fourth-order valence-corrected chi connectivity index (χ4v) is 2.39. The number of rotatable bonds is 6. The zero-order valence-electron chi connectivity index (χ0n) is 10.8. The summed E-state index contributed by atoms with van der Waals surface area (Å²) in [5.74, 6) is 2.57. The van der Waals surface area contributed by atoms with E-state index in [2.05, 4.69) is 13.8 Å². The summed E-state index contributed by atoms with van der Waals surface area (Å²) in [5.41, 5.74) is 0. The molecule has 1 atom stereocenters. The average molecular weight is 210 g/mol. The smallest absolute Gasteiger partial charge is 0.138 e. The maximum Gasteiger partial charge on any atom is 0.138 e. The lowest BCUT2D eigenvalue weighted by Crippen LogP contribution is -2.31. The fraction of sp³-hybridized carbons (Fsp3) is 0.929. The second-order valence-corrected chi connectivity index (χ2v) is 5.83. The molecule has 0 heterocycles. The third kappa shape index (κ3) is 3.62. The summed E-state index contributed by atoms with van der Waals surface area (Å²) in [7, 11) is 0. The first-order valence-corrected chi connectivity index (χ1v) is 6.56. The number of carbonyl (C=O) groups is 1. The van der Waals surface area contributed by atoms with E-state index in [0.29, 0.717) is 11.7 Å². The normalized spacial score (nSPS) is 19.3. The molecule has 0 aromatic carbocycles. The summed E-state index contributed by atoms with van der Waals surface area (Å²) in [6, 6.07) is 0. The van der Waals surface area contributed by atoms with Crippen LogP contribution in [0.1, 0.15) is 59.8 Å². The molecule has 1 aliphatic carbocycles. The van der Waals surface area contributed by atoms with Crippen LogP contribution in [0.5, 0.6) is 0 Å². The van der Waals surface area contributed by atoms with E-state index in [1.165, 1.54) is 25.7 Å². The monoisotopic (exact) mass is 210 g/mol. The molecule has 0 N–H and O–H groups in total. The summed E-state index contributed by atoms with van der Waals surface area (Å²) in [5, 5.41) is 0. The Kier molecular flexibility index (Phi) is 4.82. The van der Waals surface area contributed by atoms with Crippen molar-refractivity contribution >= 4 is 5.78 Å². The molecule has 1 rings (SSSR count). The lowest BCUT2D eigenvalue weighted by Gasteiger charge is -2.34. The molecule has 0 radical (unpaired) electrons. The lowest BCUT2D eigenvalue weighted by atomic mass is 9.70. The van der Waals surface area contributed by atoms with Crippen molar-refractivity contribution in [3.8, 4) is 0 Å². The molecule has 0 amide bonds. The number of hydrogen-bond acceptors (Lipinski definition) is 1. The summed E-state index contributed by atoms with van der Waals surface area (Å²) < 4.78 is 0. The van der Waals surface area contributed by atoms with Gasteiger partial charge in [-0.2, -0.15) is 0 Å². The van der Waals surface area contributed by atoms with Crippen LogP contribution in [0.3, 0.4) is 0 Å². The Morgan fingerprint density at radius 3 is 2.07 bits per heavy atom. The molecular formula is C14H26O. The van der Waals surface area contributed by atoms with Crippen LogP contribution in [0.4, 0.5) is 0 Å². The van der Waals surface area contributed by atoms with Gasteiger partial charge in [0.05, 0.1) is 0 Å². The maximum absolute atomic E-state index is 12.1. The second-order valence-electron chi connectivity index (χ2n) is 5.83. The third-order valence-corrected chi connectivity index (χ3v) is 3.71. The first-order chi connectivity index (χ1) is 7.02. The molecule has 1 saturated carbocycles. The Morgan fingerprint density at radius 2 is 1.73 bits per heavy atom. The van der Waals surface area contributed by atoms with Gasteiger partial charge in [0.1, 0.15) is 5.78 Å². The van der Waals surface area contributed by atoms with E-state index in [1.54, 1.807) is 0 Å². The third-order valence-electron chi connectivity index (χ3n) is 3.71. The average Bonchev–Trinajstić information content (AvgIpc) is 2.07. The van der Waals surface area contributed by atoms with Crippen LogP contribution in [0, 0.1) is 23.7 Å². The van der Waals surface area contributed by atoms with E-state index >= 15 is 0 Å². The minimum Gasteiger partial charge on any atom is -0.299 e. The van der Waals surface area contributed by atoms with E-state index in [4.69, 9.17) is 0 Å². The van der Waals surface area contributed by atoms with Crippen LogP contribution < -0.4 is 0 Å². The van der Waals surface area contributed by atoms with Crippen LogP contribution >= 0.6 is 0 Å². The van der Waals surface area contributed by atoms with Gasteiger partial charge < -0.3 is 0 Å². The van der Waals surface area contributed by atoms with Gasteiger partial charge in [-0.3, -0.25) is 4.79 Å². The SMILES string of the molecule is CC(C)CC[C@H](C(=O)C(C)C)C1CCC1. The Labute approximate surface area is 94.6 Å². The van der Waals surface area contributed by atoms with Crippen molar-refractivity contribution in [1.29, 1.82) is 0 Å². The minimum atomic E-state index is 0.225. The molecule has 88 valence electrons. The van der Waals surface area contributed by atoms with Crippen LogP contribution in [0.25, 0.3) is 0 Å². The van der Waals surface area contributed by atoms with Crippen molar-refractivity contribution in [3.05, 3.63) is 0 Å². The van der Waals surface area contributed by atoms with Gasteiger partial charge in [0, 0.05) is 11.8 Å². The molecule has 1 nitrogen and oxygen atoms in total. The van der Waals surface area contributed by atoms with E-state index < -0.39 is 0 Å². The molecule has 1 aliphatic rings. The summed E-state index contributed by atoms with van der Waals surface area (Å²) in [6.45, 7) is 8.59. The van der Waals surface area contributed by atoms with Crippen molar-refractivity contribution in [3.63, 3.8) is 0 Å². The highest BCUT2D eigenvalue weighted by atomic mass is 16.1. The van der Waals surface area contributed by atoms with E-state index in [-0.39, 0.29) is 5.92 Å².